The third-order valence-corrected chi connectivity index (χ3v) is 6.43. The first-order valence-corrected chi connectivity index (χ1v) is 8.87. The number of rotatable bonds is 2. The number of nitrogens with one attached hydrogen (secondary N) is 2. The fourth-order valence-corrected chi connectivity index (χ4v) is 5.03. The smallest absolute Gasteiger partial charge is 0.337 e. The molecule has 2 aromatic carbocycles. The first kappa shape index (κ1) is 13.2. The van der Waals surface area contributed by atoms with Gasteiger partial charge >= 0.3 is 5.97 Å². The average Bonchev–Trinajstić information content (AvgIpc) is 2.84. The van der Waals surface area contributed by atoms with Crippen LogP contribution < -0.4 is 15.5 Å². The summed E-state index contributed by atoms with van der Waals surface area (Å²) in [5, 5.41) is 7.79. The molecule has 20 heavy (non-hydrogen) atoms. The van der Waals surface area contributed by atoms with Crippen molar-refractivity contribution in [3.8, 4) is 0 Å². The molecule has 0 amide bonds. The molecule has 0 saturated carbocycles. The fraction of sp³-hybridized carbons (Fsp3) is 0.0714. The number of hydrogen-bond donors (Lipinski definition) is 2. The minimum absolute atomic E-state index is 0.352. The largest absolute Gasteiger partial charge is 0.465 e. The lowest BCUT2D eigenvalue weighted by atomic mass is 10.2. The summed E-state index contributed by atoms with van der Waals surface area (Å²) in [6.45, 7) is 0. The van der Waals surface area contributed by atoms with Gasteiger partial charge in [0.05, 0.1) is 24.0 Å². The molecule has 2 aromatic rings. The lowest BCUT2D eigenvalue weighted by Crippen LogP contribution is -2.11. The molecule has 1 aliphatic heterocycles. The van der Waals surface area contributed by atoms with Gasteiger partial charge in [0.2, 0.25) is 0 Å². The molecule has 0 fully saturated rings. The van der Waals surface area contributed by atoms with Crippen LogP contribution in [0.1, 0.15) is 10.4 Å². The van der Waals surface area contributed by atoms with E-state index >= 15 is 0 Å². The van der Waals surface area contributed by atoms with Crippen molar-refractivity contribution in [2.45, 2.75) is 0 Å². The second kappa shape index (κ2) is 4.93. The summed E-state index contributed by atoms with van der Waals surface area (Å²) in [6, 6.07) is 15.3. The van der Waals surface area contributed by atoms with Crippen LogP contribution in [0.2, 0.25) is 0 Å². The number of hydrogen-bond acceptors (Lipinski definition) is 3. The van der Waals surface area contributed by atoms with Gasteiger partial charge in [-0.1, -0.05) is 30.3 Å². The van der Waals surface area contributed by atoms with Gasteiger partial charge in [0, 0.05) is 5.30 Å². The molecule has 0 aliphatic carbocycles. The Hall–Kier alpha value is -1.84. The van der Waals surface area contributed by atoms with Crippen LogP contribution in [-0.2, 0) is 16.5 Å². The maximum absolute atomic E-state index is 11.6. The van der Waals surface area contributed by atoms with Crippen molar-refractivity contribution in [3.63, 3.8) is 0 Å². The van der Waals surface area contributed by atoms with E-state index in [2.05, 4.69) is 10.2 Å². The van der Waals surface area contributed by atoms with Crippen molar-refractivity contribution in [2.24, 2.45) is 0 Å². The molecule has 1 aliphatic rings. The molecule has 1 unspecified atom stereocenters. The summed E-state index contributed by atoms with van der Waals surface area (Å²) in [5.74, 6) is -0.352. The summed E-state index contributed by atoms with van der Waals surface area (Å²) in [7, 11) is 1.37. The zero-order valence-corrected chi connectivity index (χ0v) is 12.5. The van der Waals surface area contributed by atoms with Gasteiger partial charge in [-0.05, 0) is 30.0 Å². The van der Waals surface area contributed by atoms with E-state index in [4.69, 9.17) is 16.5 Å². The molecule has 1 atom stereocenters. The van der Waals surface area contributed by atoms with Crippen LogP contribution in [0, 0.1) is 0 Å². The van der Waals surface area contributed by atoms with Gasteiger partial charge in [-0.25, -0.2) is 4.79 Å². The van der Waals surface area contributed by atoms with Crippen molar-refractivity contribution in [1.82, 2.24) is 0 Å². The number of carbonyl (C=O) groups is 1. The number of esters is 1. The van der Waals surface area contributed by atoms with E-state index in [1.54, 1.807) is 12.1 Å². The normalized spacial score (nSPS) is 19.6. The van der Waals surface area contributed by atoms with Crippen LogP contribution in [0.25, 0.3) is 0 Å². The predicted molar refractivity (Wildman–Crippen MR) is 85.4 cm³/mol. The highest BCUT2D eigenvalue weighted by Crippen LogP contribution is 2.53. The zero-order chi connectivity index (χ0) is 14.2. The number of benzene rings is 2. The molecule has 0 radical (unpaired) electrons. The molecular formula is C14H13N2O2PS. The summed E-state index contributed by atoms with van der Waals surface area (Å²) < 4.78 is 4.73. The molecule has 3 rings (SSSR count). The second-order valence-corrected chi connectivity index (χ2v) is 8.25. The Morgan fingerprint density at radius 1 is 1.10 bits per heavy atom. The van der Waals surface area contributed by atoms with E-state index in [1.807, 2.05) is 36.4 Å². The first-order chi connectivity index (χ1) is 9.62. The topological polar surface area (TPSA) is 50.4 Å². The third kappa shape index (κ3) is 2.19. The van der Waals surface area contributed by atoms with Crippen LogP contribution >= 0.6 is 6.34 Å². The van der Waals surface area contributed by atoms with Crippen LogP contribution in [0.15, 0.2) is 48.5 Å². The van der Waals surface area contributed by atoms with Crippen LogP contribution in [0.4, 0.5) is 11.4 Å². The lowest BCUT2D eigenvalue weighted by Gasteiger charge is -2.17. The van der Waals surface area contributed by atoms with Gasteiger partial charge in [0.25, 0.3) is 0 Å². The quantitative estimate of drug-likeness (QED) is 0.660. The molecule has 0 saturated heterocycles. The Labute approximate surface area is 122 Å². The Balaban J connectivity index is 1.97. The van der Waals surface area contributed by atoms with Crippen LogP contribution in [0.3, 0.4) is 0 Å². The van der Waals surface area contributed by atoms with Crippen molar-refractivity contribution < 1.29 is 9.53 Å². The highest BCUT2D eigenvalue weighted by atomic mass is 32.4. The standard InChI is InChI=1S/C14H13N2O2PS/c1-18-14(17)10-7-8-12-13(9-10)16-19(20,15-12)11-5-3-2-4-6-11/h2-9H,1H3,(H2,15,16,20). The molecule has 0 bridgehead atoms. The Bertz CT molecular complexity index is 718. The van der Waals surface area contributed by atoms with E-state index in [9.17, 15) is 4.79 Å². The molecule has 4 nitrogen and oxygen atoms in total. The number of carbonyl (C=O) groups excluding carboxylic acids is 1. The monoisotopic (exact) mass is 304 g/mol. The van der Waals surface area contributed by atoms with Gasteiger partial charge in [0.15, 0.2) is 0 Å². The summed E-state index contributed by atoms with van der Waals surface area (Å²) in [5.41, 5.74) is 2.28. The highest BCUT2D eigenvalue weighted by molar-refractivity contribution is 8.19. The fourth-order valence-electron chi connectivity index (χ4n) is 2.11. The number of methoxy groups -OCH3 is 1. The molecule has 1 heterocycles. The van der Waals surface area contributed by atoms with Crippen LogP contribution in [-0.4, -0.2) is 13.1 Å². The van der Waals surface area contributed by atoms with Gasteiger partial charge in [-0.2, -0.15) is 0 Å². The SMILES string of the molecule is COC(=O)c1ccc2c(c1)NP(=S)(c1ccccc1)N2. The molecule has 102 valence electrons. The van der Waals surface area contributed by atoms with E-state index in [0.717, 1.165) is 16.7 Å². The number of ether oxygens (including phenoxy) is 1. The number of fused-ring (bicyclic) bond motifs is 1. The van der Waals surface area contributed by atoms with Gasteiger partial charge in [-0.3, -0.25) is 0 Å². The summed E-state index contributed by atoms with van der Waals surface area (Å²) in [4.78, 5) is 11.6. The predicted octanol–water partition coefficient (Wildman–Crippen LogP) is 2.95. The molecular weight excluding hydrogens is 291 g/mol. The average molecular weight is 304 g/mol. The van der Waals surface area contributed by atoms with Crippen molar-refractivity contribution in [1.29, 1.82) is 0 Å². The van der Waals surface area contributed by atoms with Crippen molar-refractivity contribution >= 4 is 40.8 Å². The van der Waals surface area contributed by atoms with Gasteiger partial charge in [-0.15, -0.1) is 0 Å². The van der Waals surface area contributed by atoms with E-state index in [-0.39, 0.29) is 5.97 Å². The van der Waals surface area contributed by atoms with E-state index < -0.39 is 6.34 Å². The number of anilines is 2. The van der Waals surface area contributed by atoms with Gasteiger partial charge < -0.3 is 14.9 Å². The third-order valence-electron chi connectivity index (χ3n) is 3.12. The lowest BCUT2D eigenvalue weighted by molar-refractivity contribution is 0.0601. The summed E-state index contributed by atoms with van der Waals surface area (Å²) in [6.07, 6.45) is -2.08. The molecule has 6 heteroatoms. The minimum atomic E-state index is -2.08. The zero-order valence-electron chi connectivity index (χ0n) is 10.8. The van der Waals surface area contributed by atoms with Crippen molar-refractivity contribution in [3.05, 3.63) is 54.1 Å². The Morgan fingerprint density at radius 3 is 2.50 bits per heavy atom. The molecule has 0 spiro atoms. The van der Waals surface area contributed by atoms with Gasteiger partial charge in [0.1, 0.15) is 6.34 Å². The van der Waals surface area contributed by atoms with Crippen molar-refractivity contribution in [2.75, 3.05) is 17.3 Å². The van der Waals surface area contributed by atoms with E-state index in [0.29, 0.717) is 5.56 Å². The van der Waals surface area contributed by atoms with E-state index in [1.165, 1.54) is 7.11 Å². The highest BCUT2D eigenvalue weighted by Gasteiger charge is 2.28. The second-order valence-electron chi connectivity index (χ2n) is 4.42. The maximum atomic E-state index is 11.6. The molecule has 2 N–H and O–H groups in total. The summed E-state index contributed by atoms with van der Waals surface area (Å²) >= 11 is 5.75. The molecule has 0 aromatic heterocycles. The maximum Gasteiger partial charge on any atom is 0.337 e. The minimum Gasteiger partial charge on any atom is -0.465 e. The van der Waals surface area contributed by atoms with Crippen LogP contribution in [0.5, 0.6) is 0 Å². The first-order valence-electron chi connectivity index (χ1n) is 6.07. The Kier molecular flexibility index (Phi) is 3.24. The Morgan fingerprint density at radius 2 is 1.80 bits per heavy atom.